The number of piperidine rings is 1. The largest absolute Gasteiger partial charge is 0.497 e. The van der Waals surface area contributed by atoms with Gasteiger partial charge in [0.1, 0.15) is 23.4 Å². The zero-order chi connectivity index (χ0) is 22.4. The number of rotatable bonds is 7. The van der Waals surface area contributed by atoms with Gasteiger partial charge in [-0.25, -0.2) is 0 Å². The number of methoxy groups -OCH3 is 1. The number of benzene rings is 2. The number of carbonyl (C=O) groups excluding carboxylic acids is 1. The molecule has 33 heavy (non-hydrogen) atoms. The van der Waals surface area contributed by atoms with E-state index in [-0.39, 0.29) is 5.91 Å². The average molecular weight is 445 g/mol. The zero-order valence-electron chi connectivity index (χ0n) is 18.7. The van der Waals surface area contributed by atoms with E-state index in [1.807, 2.05) is 54.6 Å². The SMILES string of the molecule is COc1ccc(-c2ccc(C(=O)NCc3cccc(O[C@H]4C[C@H]5C[C@@H]6CN5[C@@H]6C4)c3)o2)cc1. The Hall–Kier alpha value is -3.25. The summed E-state index contributed by atoms with van der Waals surface area (Å²) in [5, 5.41) is 2.95. The monoisotopic (exact) mass is 444 g/mol. The highest BCUT2D eigenvalue weighted by Crippen LogP contribution is 2.48. The number of nitrogens with one attached hydrogen (secondary N) is 1. The van der Waals surface area contributed by atoms with Crippen LogP contribution in [0.15, 0.2) is 65.1 Å². The van der Waals surface area contributed by atoms with Crippen LogP contribution in [0.1, 0.15) is 35.4 Å². The molecule has 4 bridgehead atoms. The van der Waals surface area contributed by atoms with Gasteiger partial charge in [-0.1, -0.05) is 12.1 Å². The van der Waals surface area contributed by atoms with Crippen LogP contribution >= 0.6 is 0 Å². The molecule has 2 aromatic carbocycles. The van der Waals surface area contributed by atoms with Crippen molar-refractivity contribution in [1.82, 2.24) is 10.2 Å². The van der Waals surface area contributed by atoms with Gasteiger partial charge in [-0.2, -0.15) is 0 Å². The second-order valence-corrected chi connectivity index (χ2v) is 9.35. The quantitative estimate of drug-likeness (QED) is 0.581. The predicted molar refractivity (Wildman–Crippen MR) is 124 cm³/mol. The summed E-state index contributed by atoms with van der Waals surface area (Å²) >= 11 is 0. The molecule has 1 N–H and O–H groups in total. The van der Waals surface area contributed by atoms with Crippen LogP contribution in [0.2, 0.25) is 0 Å². The number of carbonyl (C=O) groups is 1. The fraction of sp³-hybridized carbons (Fsp3) is 0.370. The Morgan fingerprint density at radius 2 is 1.94 bits per heavy atom. The van der Waals surface area contributed by atoms with E-state index in [0.717, 1.165) is 53.5 Å². The van der Waals surface area contributed by atoms with Crippen LogP contribution in [0.5, 0.6) is 11.5 Å². The molecule has 4 aliphatic rings. The van der Waals surface area contributed by atoms with Gasteiger partial charge in [0.15, 0.2) is 5.76 Å². The minimum Gasteiger partial charge on any atom is -0.497 e. The Bertz CT molecular complexity index is 1150. The first-order valence-electron chi connectivity index (χ1n) is 11.7. The highest BCUT2D eigenvalue weighted by atomic mass is 16.5. The van der Waals surface area contributed by atoms with Crippen LogP contribution in [0, 0.1) is 5.92 Å². The summed E-state index contributed by atoms with van der Waals surface area (Å²) in [6.07, 6.45) is 3.91. The molecule has 5 atom stereocenters. The highest BCUT2D eigenvalue weighted by Gasteiger charge is 2.55. The summed E-state index contributed by atoms with van der Waals surface area (Å²) in [5.41, 5.74) is 1.90. The molecule has 0 saturated carbocycles. The van der Waals surface area contributed by atoms with E-state index in [2.05, 4.69) is 10.2 Å². The first-order valence-corrected chi connectivity index (χ1v) is 11.7. The van der Waals surface area contributed by atoms with Gasteiger partial charge in [-0.05, 0) is 72.9 Å². The van der Waals surface area contributed by atoms with Crippen molar-refractivity contribution in [3.05, 3.63) is 72.0 Å². The van der Waals surface area contributed by atoms with Gasteiger partial charge in [0.05, 0.1) is 7.11 Å². The van der Waals surface area contributed by atoms with E-state index >= 15 is 0 Å². The number of furan rings is 1. The van der Waals surface area contributed by atoms with Crippen molar-refractivity contribution in [2.75, 3.05) is 13.7 Å². The molecule has 1 amide bonds. The van der Waals surface area contributed by atoms with E-state index in [9.17, 15) is 4.79 Å². The third-order valence-electron chi connectivity index (χ3n) is 7.36. The van der Waals surface area contributed by atoms with Crippen LogP contribution in [0.4, 0.5) is 0 Å². The number of nitrogens with zero attached hydrogens (tertiary/aromatic N) is 1. The molecule has 4 saturated heterocycles. The first kappa shape index (κ1) is 20.4. The Labute approximate surface area is 193 Å². The van der Waals surface area contributed by atoms with Crippen molar-refractivity contribution in [2.24, 2.45) is 5.92 Å². The van der Waals surface area contributed by atoms with Gasteiger partial charge >= 0.3 is 0 Å². The average Bonchev–Trinajstić information content (AvgIpc) is 3.54. The molecule has 0 aliphatic carbocycles. The predicted octanol–water partition coefficient (Wildman–Crippen LogP) is 4.50. The van der Waals surface area contributed by atoms with Gasteiger partial charge in [0, 0.05) is 37.2 Å². The summed E-state index contributed by atoms with van der Waals surface area (Å²) in [5.74, 6) is 3.26. The van der Waals surface area contributed by atoms with Crippen LogP contribution in [0.3, 0.4) is 0 Å². The Balaban J connectivity index is 1.05. The van der Waals surface area contributed by atoms with E-state index < -0.39 is 0 Å². The third kappa shape index (κ3) is 3.89. The molecule has 1 aromatic heterocycles. The van der Waals surface area contributed by atoms with Crippen molar-refractivity contribution in [2.45, 2.75) is 44.0 Å². The van der Waals surface area contributed by atoms with E-state index in [0.29, 0.717) is 24.2 Å². The van der Waals surface area contributed by atoms with E-state index in [1.165, 1.54) is 13.0 Å². The van der Waals surface area contributed by atoms with Crippen LogP contribution < -0.4 is 14.8 Å². The lowest BCUT2D eigenvalue weighted by Crippen LogP contribution is -2.55. The maximum Gasteiger partial charge on any atom is 0.287 e. The van der Waals surface area contributed by atoms with Crippen LogP contribution in [0.25, 0.3) is 11.3 Å². The molecular weight excluding hydrogens is 416 g/mol. The summed E-state index contributed by atoms with van der Waals surface area (Å²) in [6.45, 7) is 1.72. The molecule has 7 rings (SSSR count). The molecule has 5 heterocycles. The molecule has 6 heteroatoms. The van der Waals surface area contributed by atoms with Crippen molar-refractivity contribution < 1.29 is 18.7 Å². The molecule has 3 aromatic rings. The number of amides is 1. The van der Waals surface area contributed by atoms with Crippen molar-refractivity contribution in [1.29, 1.82) is 0 Å². The molecule has 6 nitrogen and oxygen atoms in total. The topological polar surface area (TPSA) is 63.9 Å². The zero-order valence-corrected chi connectivity index (χ0v) is 18.7. The smallest absolute Gasteiger partial charge is 0.287 e. The maximum absolute atomic E-state index is 12.6. The molecule has 0 radical (unpaired) electrons. The van der Waals surface area contributed by atoms with E-state index in [1.54, 1.807) is 13.2 Å². The first-order chi connectivity index (χ1) is 16.2. The molecule has 1 unspecified atom stereocenters. The second kappa shape index (κ2) is 8.27. The summed E-state index contributed by atoms with van der Waals surface area (Å²) in [7, 11) is 1.63. The van der Waals surface area contributed by atoms with Gasteiger partial charge in [0.25, 0.3) is 5.91 Å². The number of hydrogen-bond acceptors (Lipinski definition) is 5. The highest BCUT2D eigenvalue weighted by molar-refractivity contribution is 5.92. The van der Waals surface area contributed by atoms with Crippen molar-refractivity contribution in [3.8, 4) is 22.8 Å². The van der Waals surface area contributed by atoms with Gasteiger partial charge in [0.2, 0.25) is 0 Å². The molecular formula is C27H28N2O4. The Morgan fingerprint density at radius 3 is 2.76 bits per heavy atom. The lowest BCUT2D eigenvalue weighted by molar-refractivity contribution is -0.00908. The van der Waals surface area contributed by atoms with Gasteiger partial charge < -0.3 is 19.2 Å². The lowest BCUT2D eigenvalue weighted by Gasteiger charge is -2.46. The fourth-order valence-electron chi connectivity index (χ4n) is 5.68. The van der Waals surface area contributed by atoms with Crippen molar-refractivity contribution >= 4 is 5.91 Å². The standard InChI is InChI=1S/C27H28N2O4/c1-31-21-7-5-18(6-8-21)25-9-10-26(33-25)27(30)28-15-17-3-2-4-22(11-17)32-23-13-20-12-19-16-29(20)24(19)14-23/h2-11,19-20,23-24H,12-16H2,1H3,(H,28,30)/t19-,20-,23+,24-/m1/s1. The molecule has 0 spiro atoms. The Kier molecular flexibility index (Phi) is 5.10. The molecule has 4 aliphatic heterocycles. The van der Waals surface area contributed by atoms with Crippen molar-refractivity contribution in [3.63, 3.8) is 0 Å². The van der Waals surface area contributed by atoms with E-state index in [4.69, 9.17) is 13.9 Å². The second-order valence-electron chi connectivity index (χ2n) is 9.35. The third-order valence-corrected chi connectivity index (χ3v) is 7.36. The normalized spacial score (nSPS) is 27.0. The summed E-state index contributed by atoms with van der Waals surface area (Å²) in [4.78, 5) is 15.3. The number of ether oxygens (including phenoxy) is 2. The maximum atomic E-state index is 12.6. The van der Waals surface area contributed by atoms with Gasteiger partial charge in [-0.3, -0.25) is 9.69 Å². The minimum atomic E-state index is -0.238. The fourth-order valence-corrected chi connectivity index (χ4v) is 5.68. The molecule has 170 valence electrons. The summed E-state index contributed by atoms with van der Waals surface area (Å²) < 4.78 is 17.3. The van der Waals surface area contributed by atoms with Crippen LogP contribution in [-0.4, -0.2) is 42.6 Å². The van der Waals surface area contributed by atoms with Crippen LogP contribution in [-0.2, 0) is 6.54 Å². The lowest BCUT2D eigenvalue weighted by atomic mass is 9.88. The number of hydrogen-bond donors (Lipinski definition) is 1. The summed E-state index contributed by atoms with van der Waals surface area (Å²) in [6, 6.07) is 20.6. The molecule has 4 fully saturated rings. The minimum absolute atomic E-state index is 0.238. The Morgan fingerprint density at radius 1 is 1.06 bits per heavy atom. The van der Waals surface area contributed by atoms with Gasteiger partial charge in [-0.15, -0.1) is 0 Å².